The van der Waals surface area contributed by atoms with Crippen LogP contribution < -0.4 is 10.1 Å². The molecule has 2 amide bonds. The molecule has 1 N–H and O–H groups in total. The third-order valence-corrected chi connectivity index (χ3v) is 4.11. The number of carbonyl (C=O) groups excluding carboxylic acids is 2. The number of nitrogens with zero attached hydrogens (tertiary/aromatic N) is 2. The van der Waals surface area contributed by atoms with Gasteiger partial charge in [-0.1, -0.05) is 18.2 Å². The van der Waals surface area contributed by atoms with E-state index in [-0.39, 0.29) is 42.3 Å². The first-order valence-corrected chi connectivity index (χ1v) is 8.23. The van der Waals surface area contributed by atoms with E-state index in [0.717, 1.165) is 6.42 Å². The number of benzene rings is 1. The lowest BCUT2D eigenvalue weighted by Crippen LogP contribution is -2.46. The highest BCUT2D eigenvalue weighted by atomic mass is 19.4. The molecule has 1 atom stereocenters. The molecular formula is C17H22F3N3O3. The van der Waals surface area contributed by atoms with Crippen LogP contribution >= 0.6 is 0 Å². The predicted molar refractivity (Wildman–Crippen MR) is 88.3 cm³/mol. The minimum absolute atomic E-state index is 0.0204. The van der Waals surface area contributed by atoms with Gasteiger partial charge in [0.05, 0.1) is 12.6 Å². The second kappa shape index (κ2) is 8.39. The monoisotopic (exact) mass is 373 g/mol. The Morgan fingerprint density at radius 2 is 2.00 bits per heavy atom. The van der Waals surface area contributed by atoms with Crippen molar-refractivity contribution in [2.24, 2.45) is 0 Å². The summed E-state index contributed by atoms with van der Waals surface area (Å²) in [5.41, 5.74) is 0.223. The number of nitrogens with one attached hydrogen (secondary N) is 1. The van der Waals surface area contributed by atoms with Gasteiger partial charge in [-0.15, -0.1) is 13.2 Å². The van der Waals surface area contributed by atoms with Crippen molar-refractivity contribution in [1.82, 2.24) is 15.1 Å². The maximum atomic E-state index is 12.4. The number of rotatable bonds is 6. The number of hydrogen-bond donors (Lipinski definition) is 1. The minimum Gasteiger partial charge on any atom is -0.405 e. The number of halogens is 3. The Kier molecular flexibility index (Phi) is 6.47. The number of alkyl halides is 3. The van der Waals surface area contributed by atoms with Gasteiger partial charge in [0.15, 0.2) is 0 Å². The second-order valence-corrected chi connectivity index (χ2v) is 6.29. The average molecular weight is 373 g/mol. The van der Waals surface area contributed by atoms with Crippen LogP contribution in [0.3, 0.4) is 0 Å². The van der Waals surface area contributed by atoms with Crippen molar-refractivity contribution >= 4 is 11.8 Å². The van der Waals surface area contributed by atoms with Crippen molar-refractivity contribution in [3.05, 3.63) is 29.8 Å². The van der Waals surface area contributed by atoms with Gasteiger partial charge in [-0.05, 0) is 25.5 Å². The average Bonchev–Trinajstić information content (AvgIpc) is 2.99. The molecule has 1 aliphatic heterocycles. The van der Waals surface area contributed by atoms with Crippen LogP contribution in [0.2, 0.25) is 0 Å². The van der Waals surface area contributed by atoms with Gasteiger partial charge < -0.3 is 15.0 Å². The molecule has 6 nitrogen and oxygen atoms in total. The molecule has 1 unspecified atom stereocenters. The van der Waals surface area contributed by atoms with Gasteiger partial charge in [-0.25, -0.2) is 0 Å². The number of likely N-dealkylation sites (N-methyl/N-ethyl adjacent to an activating group) is 1. The summed E-state index contributed by atoms with van der Waals surface area (Å²) < 4.78 is 41.2. The van der Waals surface area contributed by atoms with E-state index in [1.54, 1.807) is 25.1 Å². The van der Waals surface area contributed by atoms with Crippen molar-refractivity contribution in [1.29, 1.82) is 0 Å². The van der Waals surface area contributed by atoms with Crippen LogP contribution in [-0.4, -0.2) is 61.2 Å². The molecule has 1 saturated heterocycles. The Morgan fingerprint density at radius 3 is 2.65 bits per heavy atom. The number of carbonyl (C=O) groups is 2. The van der Waals surface area contributed by atoms with Crippen LogP contribution in [0.5, 0.6) is 5.75 Å². The van der Waals surface area contributed by atoms with Crippen LogP contribution in [0.25, 0.3) is 0 Å². The lowest BCUT2D eigenvalue weighted by molar-refractivity contribution is -0.274. The van der Waals surface area contributed by atoms with E-state index in [9.17, 15) is 22.8 Å². The zero-order valence-corrected chi connectivity index (χ0v) is 14.7. The van der Waals surface area contributed by atoms with E-state index < -0.39 is 6.36 Å². The Balaban J connectivity index is 1.92. The smallest absolute Gasteiger partial charge is 0.405 e. The maximum absolute atomic E-state index is 12.4. The summed E-state index contributed by atoms with van der Waals surface area (Å²) in [5, 5.41) is 2.59. The Labute approximate surface area is 149 Å². The van der Waals surface area contributed by atoms with E-state index in [2.05, 4.69) is 10.1 Å². The number of amides is 2. The van der Waals surface area contributed by atoms with Gasteiger partial charge in [0.2, 0.25) is 11.8 Å². The molecule has 0 radical (unpaired) electrons. The molecule has 26 heavy (non-hydrogen) atoms. The van der Waals surface area contributed by atoms with Crippen LogP contribution in [-0.2, 0) is 16.1 Å². The Hall–Kier alpha value is -2.29. The van der Waals surface area contributed by atoms with E-state index in [4.69, 9.17) is 0 Å². The highest BCUT2D eigenvalue weighted by Crippen LogP contribution is 2.26. The largest absolute Gasteiger partial charge is 0.573 e. The van der Waals surface area contributed by atoms with Gasteiger partial charge in [0.25, 0.3) is 0 Å². The number of ether oxygens (including phenoxy) is 1. The zero-order valence-electron chi connectivity index (χ0n) is 14.7. The summed E-state index contributed by atoms with van der Waals surface area (Å²) in [5.74, 6) is -0.758. The van der Waals surface area contributed by atoms with E-state index in [1.165, 1.54) is 23.1 Å². The van der Waals surface area contributed by atoms with Crippen molar-refractivity contribution in [3.63, 3.8) is 0 Å². The van der Waals surface area contributed by atoms with Gasteiger partial charge in [0, 0.05) is 26.2 Å². The fourth-order valence-electron chi connectivity index (χ4n) is 2.90. The van der Waals surface area contributed by atoms with Crippen molar-refractivity contribution in [3.8, 4) is 5.75 Å². The van der Waals surface area contributed by atoms with Gasteiger partial charge in [-0.2, -0.15) is 0 Å². The molecule has 1 fully saturated rings. The van der Waals surface area contributed by atoms with Crippen molar-refractivity contribution in [2.45, 2.75) is 31.8 Å². The first kappa shape index (κ1) is 20.0. The summed E-state index contributed by atoms with van der Waals surface area (Å²) in [4.78, 5) is 27.6. The van der Waals surface area contributed by atoms with Gasteiger partial charge >= 0.3 is 6.36 Å². The molecule has 0 aliphatic carbocycles. The summed E-state index contributed by atoms with van der Waals surface area (Å²) >= 11 is 0. The highest BCUT2D eigenvalue weighted by molar-refractivity contribution is 5.83. The highest BCUT2D eigenvalue weighted by Gasteiger charge is 2.33. The summed E-state index contributed by atoms with van der Waals surface area (Å²) in [6.45, 7) is 0.559. The molecule has 0 saturated carbocycles. The number of hydrogen-bond acceptors (Lipinski definition) is 4. The fourth-order valence-corrected chi connectivity index (χ4v) is 2.90. The standard InChI is InChI=1S/C17H22F3N3O3/c1-22(2)16(25)13-7-5-9-23(13)11-15(24)21-10-12-6-3-4-8-14(12)26-17(18,19)20/h3-4,6,8,13H,5,7,9-11H2,1-2H3,(H,21,24). The molecule has 9 heteroatoms. The molecule has 1 aromatic rings. The molecule has 144 valence electrons. The van der Waals surface area contributed by atoms with Crippen LogP contribution in [0.4, 0.5) is 13.2 Å². The lowest BCUT2D eigenvalue weighted by Gasteiger charge is -2.25. The molecule has 1 heterocycles. The number of para-hydroxylation sites is 1. The molecule has 0 spiro atoms. The first-order valence-electron chi connectivity index (χ1n) is 8.23. The normalized spacial score (nSPS) is 17.8. The molecule has 0 bridgehead atoms. The number of likely N-dealkylation sites (tertiary alicyclic amines) is 1. The van der Waals surface area contributed by atoms with E-state index >= 15 is 0 Å². The van der Waals surface area contributed by atoms with Gasteiger partial charge in [0.1, 0.15) is 5.75 Å². The Bertz CT molecular complexity index is 650. The molecule has 2 rings (SSSR count). The summed E-state index contributed by atoms with van der Waals surface area (Å²) in [6.07, 6.45) is -3.29. The third kappa shape index (κ3) is 5.62. The topological polar surface area (TPSA) is 61.9 Å². The first-order chi connectivity index (χ1) is 12.2. The molecule has 1 aromatic carbocycles. The summed E-state index contributed by atoms with van der Waals surface area (Å²) in [6, 6.07) is 5.30. The van der Waals surface area contributed by atoms with Crippen molar-refractivity contribution in [2.75, 3.05) is 27.2 Å². The van der Waals surface area contributed by atoms with Crippen LogP contribution in [0.1, 0.15) is 18.4 Å². The van der Waals surface area contributed by atoms with Gasteiger partial charge in [-0.3, -0.25) is 14.5 Å². The molecule has 0 aromatic heterocycles. The maximum Gasteiger partial charge on any atom is 0.573 e. The molecule has 1 aliphatic rings. The molecular weight excluding hydrogens is 351 g/mol. The SMILES string of the molecule is CN(C)C(=O)C1CCCN1CC(=O)NCc1ccccc1OC(F)(F)F. The zero-order chi connectivity index (χ0) is 19.3. The van der Waals surface area contributed by atoms with E-state index in [0.29, 0.717) is 13.0 Å². The van der Waals surface area contributed by atoms with Crippen LogP contribution in [0.15, 0.2) is 24.3 Å². The van der Waals surface area contributed by atoms with Crippen LogP contribution in [0, 0.1) is 0 Å². The Morgan fingerprint density at radius 1 is 1.31 bits per heavy atom. The fraction of sp³-hybridized carbons (Fsp3) is 0.529. The lowest BCUT2D eigenvalue weighted by atomic mass is 10.2. The third-order valence-electron chi connectivity index (χ3n) is 4.11. The summed E-state index contributed by atoms with van der Waals surface area (Å²) in [7, 11) is 3.33. The minimum atomic E-state index is -4.80. The second-order valence-electron chi connectivity index (χ2n) is 6.29. The quantitative estimate of drug-likeness (QED) is 0.825. The van der Waals surface area contributed by atoms with E-state index in [1.807, 2.05) is 0 Å². The predicted octanol–water partition coefficient (Wildman–Crippen LogP) is 1.75. The van der Waals surface area contributed by atoms with Crippen molar-refractivity contribution < 1.29 is 27.5 Å².